The summed E-state index contributed by atoms with van der Waals surface area (Å²) in [7, 11) is 1.59. The average Bonchev–Trinajstić information content (AvgIpc) is 2.89. The van der Waals surface area contributed by atoms with Crippen LogP contribution in [-0.2, 0) is 0 Å². The second-order valence-electron chi connectivity index (χ2n) is 10.0. The van der Waals surface area contributed by atoms with Crippen LogP contribution in [0, 0.1) is 13.8 Å². The number of amides is 2. The monoisotopic (exact) mass is 533 g/mol. The quantitative estimate of drug-likeness (QED) is 0.583. The molecule has 2 aliphatic rings. The summed E-state index contributed by atoms with van der Waals surface area (Å²) in [5.74, 6) is -0.0587. The molecule has 7 nitrogen and oxygen atoms in total. The first-order valence-electron chi connectivity index (χ1n) is 12.9. The van der Waals surface area contributed by atoms with Crippen LogP contribution in [0.5, 0.6) is 11.5 Å². The van der Waals surface area contributed by atoms with Crippen molar-refractivity contribution in [2.75, 3.05) is 33.3 Å². The van der Waals surface area contributed by atoms with E-state index in [-0.39, 0.29) is 23.6 Å². The number of likely N-dealkylation sites (tertiary alicyclic amines) is 2. The fraction of sp³-hybridized carbons (Fsp3) is 0.500. The van der Waals surface area contributed by atoms with Gasteiger partial charge in [-0.3, -0.25) is 9.59 Å². The van der Waals surface area contributed by atoms with Gasteiger partial charge in [0.25, 0.3) is 11.8 Å². The van der Waals surface area contributed by atoms with E-state index in [1.54, 1.807) is 7.11 Å². The molecule has 0 spiro atoms. The number of hydrogen-bond donors (Lipinski definition) is 1. The van der Waals surface area contributed by atoms with Gasteiger partial charge >= 0.3 is 6.36 Å². The van der Waals surface area contributed by atoms with Crippen molar-refractivity contribution in [3.05, 3.63) is 58.7 Å². The topological polar surface area (TPSA) is 71.1 Å². The number of methoxy groups -OCH3 is 1. The number of carbonyl (C=O) groups is 2. The molecule has 1 N–H and O–H groups in total. The van der Waals surface area contributed by atoms with E-state index >= 15 is 0 Å². The average molecular weight is 534 g/mol. The number of nitrogens with one attached hydrogen (secondary N) is 1. The lowest BCUT2D eigenvalue weighted by Crippen LogP contribution is -2.51. The molecule has 2 aromatic carbocycles. The van der Waals surface area contributed by atoms with E-state index in [2.05, 4.69) is 15.0 Å². The maximum Gasteiger partial charge on any atom is 0.573 e. The Morgan fingerprint density at radius 1 is 0.921 bits per heavy atom. The Hall–Kier alpha value is -3.27. The normalized spacial score (nSPS) is 17.8. The summed E-state index contributed by atoms with van der Waals surface area (Å²) in [5, 5.41) is 2.99. The SMILES string of the molecule is COc1cc(C)c(C)cc1C(=O)N1CCC(N2CCC(NC(=O)c3ccc(OC(F)(F)F)cc3)CC2)CC1. The molecule has 0 aromatic heterocycles. The van der Waals surface area contributed by atoms with Gasteiger partial charge < -0.3 is 24.6 Å². The molecule has 0 radical (unpaired) electrons. The molecule has 2 amide bonds. The minimum Gasteiger partial charge on any atom is -0.496 e. The Balaban J connectivity index is 1.23. The number of carbonyl (C=O) groups excluding carboxylic acids is 2. The van der Waals surface area contributed by atoms with Gasteiger partial charge in [-0.1, -0.05) is 0 Å². The number of halogens is 3. The highest BCUT2D eigenvalue weighted by Crippen LogP contribution is 2.28. The first kappa shape index (κ1) is 27.8. The number of hydrogen-bond acceptors (Lipinski definition) is 5. The summed E-state index contributed by atoms with van der Waals surface area (Å²) in [6.07, 6.45) is -1.40. The molecular weight excluding hydrogens is 499 g/mol. The molecule has 206 valence electrons. The van der Waals surface area contributed by atoms with E-state index in [1.807, 2.05) is 30.9 Å². The maximum absolute atomic E-state index is 13.2. The molecule has 10 heteroatoms. The van der Waals surface area contributed by atoms with Crippen LogP contribution in [0.4, 0.5) is 13.2 Å². The summed E-state index contributed by atoms with van der Waals surface area (Å²) < 4.78 is 46.3. The lowest BCUT2D eigenvalue weighted by atomic mass is 9.96. The van der Waals surface area contributed by atoms with Crippen molar-refractivity contribution in [1.82, 2.24) is 15.1 Å². The predicted molar refractivity (Wildman–Crippen MR) is 137 cm³/mol. The number of rotatable bonds is 6. The summed E-state index contributed by atoms with van der Waals surface area (Å²) in [5.41, 5.74) is 3.05. The number of benzene rings is 2. The molecule has 2 fully saturated rings. The lowest BCUT2D eigenvalue weighted by Gasteiger charge is -2.42. The number of piperidine rings is 2. The molecule has 2 heterocycles. The highest BCUT2D eigenvalue weighted by atomic mass is 19.4. The molecule has 2 saturated heterocycles. The van der Waals surface area contributed by atoms with Crippen LogP contribution in [0.25, 0.3) is 0 Å². The van der Waals surface area contributed by atoms with Crippen molar-refractivity contribution in [3.63, 3.8) is 0 Å². The van der Waals surface area contributed by atoms with Crippen LogP contribution in [0.3, 0.4) is 0 Å². The van der Waals surface area contributed by atoms with Gasteiger partial charge in [-0.15, -0.1) is 13.2 Å². The fourth-order valence-electron chi connectivity index (χ4n) is 5.22. The summed E-state index contributed by atoms with van der Waals surface area (Å²) in [6, 6.07) is 9.14. The zero-order chi connectivity index (χ0) is 27.4. The van der Waals surface area contributed by atoms with Gasteiger partial charge in [0.1, 0.15) is 11.5 Å². The zero-order valence-electron chi connectivity index (χ0n) is 21.9. The zero-order valence-corrected chi connectivity index (χ0v) is 21.9. The van der Waals surface area contributed by atoms with Crippen LogP contribution in [-0.4, -0.2) is 73.3 Å². The first-order valence-corrected chi connectivity index (χ1v) is 12.9. The highest BCUT2D eigenvalue weighted by Gasteiger charge is 2.32. The van der Waals surface area contributed by atoms with Gasteiger partial charge in [0.05, 0.1) is 12.7 Å². The lowest BCUT2D eigenvalue weighted by molar-refractivity contribution is -0.274. The molecule has 0 unspecified atom stereocenters. The minimum absolute atomic E-state index is 0.00261. The van der Waals surface area contributed by atoms with Crippen LogP contribution < -0.4 is 14.8 Å². The van der Waals surface area contributed by atoms with E-state index in [4.69, 9.17) is 4.74 Å². The predicted octanol–water partition coefficient (Wildman–Crippen LogP) is 4.71. The Labute approximate surface area is 220 Å². The molecule has 0 bridgehead atoms. The molecule has 0 aliphatic carbocycles. The Morgan fingerprint density at radius 2 is 1.53 bits per heavy atom. The summed E-state index contributed by atoms with van der Waals surface area (Å²) in [4.78, 5) is 30.1. The number of nitrogens with zero attached hydrogens (tertiary/aromatic N) is 2. The smallest absolute Gasteiger partial charge is 0.496 e. The largest absolute Gasteiger partial charge is 0.573 e. The van der Waals surface area contributed by atoms with Crippen molar-refractivity contribution in [2.45, 2.75) is 58.0 Å². The van der Waals surface area contributed by atoms with E-state index in [0.717, 1.165) is 62.0 Å². The second-order valence-corrected chi connectivity index (χ2v) is 10.0. The molecular formula is C28H34F3N3O4. The van der Waals surface area contributed by atoms with Gasteiger partial charge in [0.15, 0.2) is 0 Å². The summed E-state index contributed by atoms with van der Waals surface area (Å²) >= 11 is 0. The summed E-state index contributed by atoms with van der Waals surface area (Å²) in [6.45, 7) is 7.04. The highest BCUT2D eigenvalue weighted by molar-refractivity contribution is 5.97. The third kappa shape index (κ3) is 6.78. The third-order valence-electron chi connectivity index (χ3n) is 7.53. The van der Waals surface area contributed by atoms with Crippen LogP contribution in [0.15, 0.2) is 36.4 Å². The Kier molecular flexibility index (Phi) is 8.50. The van der Waals surface area contributed by atoms with Gasteiger partial charge in [0.2, 0.25) is 0 Å². The van der Waals surface area contributed by atoms with Crippen molar-refractivity contribution in [3.8, 4) is 11.5 Å². The van der Waals surface area contributed by atoms with E-state index in [1.165, 1.54) is 12.1 Å². The maximum atomic E-state index is 13.2. The standard InChI is InChI=1S/C28H34F3N3O4/c1-18-16-24(25(37-3)17-19(18)2)27(36)34-14-10-22(11-15-34)33-12-8-21(9-13-33)32-26(35)20-4-6-23(7-5-20)38-28(29,30)31/h4-7,16-17,21-22H,8-15H2,1-3H3,(H,32,35). The second kappa shape index (κ2) is 11.6. The Bertz CT molecular complexity index is 1140. The van der Waals surface area contributed by atoms with E-state index < -0.39 is 6.36 Å². The molecule has 0 saturated carbocycles. The number of ether oxygens (including phenoxy) is 2. The van der Waals surface area contributed by atoms with E-state index in [0.29, 0.717) is 36.0 Å². The number of aryl methyl sites for hydroxylation is 2. The molecule has 0 atom stereocenters. The molecule has 2 aliphatic heterocycles. The number of alkyl halides is 3. The Morgan fingerprint density at radius 3 is 2.11 bits per heavy atom. The van der Waals surface area contributed by atoms with Crippen molar-refractivity contribution < 1.29 is 32.2 Å². The van der Waals surface area contributed by atoms with Gasteiger partial charge in [0, 0.05) is 43.8 Å². The van der Waals surface area contributed by atoms with Gasteiger partial charge in [-0.05, 0) is 87.1 Å². The molecule has 4 rings (SSSR count). The van der Waals surface area contributed by atoms with Crippen LogP contribution in [0.1, 0.15) is 57.5 Å². The van der Waals surface area contributed by atoms with Crippen LogP contribution in [0.2, 0.25) is 0 Å². The van der Waals surface area contributed by atoms with Crippen LogP contribution >= 0.6 is 0 Å². The molecule has 2 aromatic rings. The minimum atomic E-state index is -4.77. The first-order chi connectivity index (χ1) is 18.0. The van der Waals surface area contributed by atoms with Crippen molar-refractivity contribution in [2.24, 2.45) is 0 Å². The fourth-order valence-corrected chi connectivity index (χ4v) is 5.22. The third-order valence-corrected chi connectivity index (χ3v) is 7.53. The van der Waals surface area contributed by atoms with Crippen molar-refractivity contribution in [1.29, 1.82) is 0 Å². The molecule has 38 heavy (non-hydrogen) atoms. The van der Waals surface area contributed by atoms with Gasteiger partial charge in [-0.25, -0.2) is 0 Å². The van der Waals surface area contributed by atoms with Gasteiger partial charge in [-0.2, -0.15) is 0 Å². The van der Waals surface area contributed by atoms with E-state index in [9.17, 15) is 22.8 Å². The van der Waals surface area contributed by atoms with Crippen molar-refractivity contribution >= 4 is 11.8 Å².